The lowest BCUT2D eigenvalue weighted by molar-refractivity contribution is -0.721. The van der Waals surface area contributed by atoms with E-state index in [4.69, 9.17) is 5.73 Å². The van der Waals surface area contributed by atoms with Gasteiger partial charge in [-0.1, -0.05) is 39.9 Å². The highest BCUT2D eigenvalue weighted by molar-refractivity contribution is 5.50. The molecule has 0 bridgehead atoms. The normalized spacial score (nSPS) is 10.9. The third-order valence-corrected chi connectivity index (χ3v) is 2.66. The predicted molar refractivity (Wildman–Crippen MR) is 62.6 cm³/mol. The molecule has 6 nitrogen and oxygen atoms in total. The smallest absolute Gasteiger partial charge is 0.321 e. The molecule has 2 heterocycles. The Bertz CT molecular complexity index is 692. The van der Waals surface area contributed by atoms with Crippen LogP contribution in [-0.4, -0.2) is 14.7 Å². The lowest BCUT2D eigenvalue weighted by atomic mass is 10.2. The van der Waals surface area contributed by atoms with Crippen LogP contribution in [0.1, 0.15) is 5.56 Å². The number of fused-ring (bicyclic) bond motifs is 1. The van der Waals surface area contributed by atoms with Crippen LogP contribution in [0.3, 0.4) is 0 Å². The van der Waals surface area contributed by atoms with E-state index < -0.39 is 0 Å². The van der Waals surface area contributed by atoms with Gasteiger partial charge in [0.15, 0.2) is 5.82 Å². The maximum absolute atomic E-state index is 11.9. The molecule has 3 aromatic rings. The molecule has 6 heteroatoms. The molecule has 0 radical (unpaired) electrons. The SMILES string of the molecule is Nc1cc([O-])c2n(cn[n+]2Cc2ccccc2)n1. The number of benzene rings is 1. The van der Waals surface area contributed by atoms with Crippen molar-refractivity contribution in [1.82, 2.24) is 14.7 Å². The highest BCUT2D eigenvalue weighted by Crippen LogP contribution is 2.12. The number of nitrogens with zero attached hydrogens (tertiary/aromatic N) is 4. The number of nitrogen functional groups attached to an aromatic ring is 1. The van der Waals surface area contributed by atoms with Crippen LogP contribution in [0.15, 0.2) is 42.7 Å². The summed E-state index contributed by atoms with van der Waals surface area (Å²) in [5.74, 6) is 0.00712. The van der Waals surface area contributed by atoms with Gasteiger partial charge in [-0.05, 0) is 22.5 Å². The highest BCUT2D eigenvalue weighted by atomic mass is 16.3. The number of nitrogens with two attached hydrogens (primary N) is 1. The first-order chi connectivity index (χ1) is 8.74. The summed E-state index contributed by atoms with van der Waals surface area (Å²) >= 11 is 0. The molecule has 18 heavy (non-hydrogen) atoms. The van der Waals surface area contributed by atoms with Crippen LogP contribution in [0.4, 0.5) is 5.82 Å². The van der Waals surface area contributed by atoms with Gasteiger partial charge in [-0.15, -0.1) is 4.68 Å². The van der Waals surface area contributed by atoms with E-state index in [0.29, 0.717) is 12.2 Å². The minimum absolute atomic E-state index is 0.184. The van der Waals surface area contributed by atoms with Gasteiger partial charge in [0.1, 0.15) is 6.54 Å². The second-order valence-corrected chi connectivity index (χ2v) is 3.98. The molecule has 0 saturated heterocycles. The molecule has 90 valence electrons. The Morgan fingerprint density at radius 3 is 2.83 bits per heavy atom. The van der Waals surface area contributed by atoms with Crippen LogP contribution in [0.2, 0.25) is 0 Å². The van der Waals surface area contributed by atoms with Crippen LogP contribution in [0.25, 0.3) is 5.65 Å². The summed E-state index contributed by atoms with van der Waals surface area (Å²) in [7, 11) is 0. The van der Waals surface area contributed by atoms with E-state index in [0.717, 1.165) is 5.56 Å². The average molecular weight is 241 g/mol. The molecule has 0 spiro atoms. The van der Waals surface area contributed by atoms with Gasteiger partial charge in [0.05, 0.1) is 0 Å². The lowest BCUT2D eigenvalue weighted by Gasteiger charge is -2.04. The Morgan fingerprint density at radius 2 is 2.06 bits per heavy atom. The fourth-order valence-corrected chi connectivity index (χ4v) is 1.88. The molecular weight excluding hydrogens is 230 g/mol. The summed E-state index contributed by atoms with van der Waals surface area (Å²) in [5.41, 5.74) is 7.00. The first kappa shape index (κ1) is 10.5. The van der Waals surface area contributed by atoms with Gasteiger partial charge in [0.25, 0.3) is 6.33 Å². The third-order valence-electron chi connectivity index (χ3n) is 2.66. The van der Waals surface area contributed by atoms with Gasteiger partial charge in [0, 0.05) is 0 Å². The standard InChI is InChI=1S/C12H11N5O/c13-11-6-10(18)12-16(14-8-17(12)15-11)7-9-4-2-1-3-5-9/h1-6,8H,7H2,(H2-,13,15,18). The molecule has 0 fully saturated rings. The molecule has 0 aliphatic rings. The molecule has 0 unspecified atom stereocenters. The largest absolute Gasteiger partial charge is 0.867 e. The Morgan fingerprint density at radius 1 is 1.28 bits per heavy atom. The van der Waals surface area contributed by atoms with E-state index in [2.05, 4.69) is 10.2 Å². The highest BCUT2D eigenvalue weighted by Gasteiger charge is 2.14. The fourth-order valence-electron chi connectivity index (χ4n) is 1.88. The Balaban J connectivity index is 2.08. The first-order valence-electron chi connectivity index (χ1n) is 5.49. The van der Waals surface area contributed by atoms with E-state index in [-0.39, 0.29) is 11.6 Å². The summed E-state index contributed by atoms with van der Waals surface area (Å²) in [6, 6.07) is 11.1. The quantitative estimate of drug-likeness (QED) is 0.625. The molecule has 2 N–H and O–H groups in total. The van der Waals surface area contributed by atoms with Crippen molar-refractivity contribution in [2.45, 2.75) is 6.54 Å². The van der Waals surface area contributed by atoms with Crippen LogP contribution >= 0.6 is 0 Å². The van der Waals surface area contributed by atoms with Crippen LogP contribution < -0.4 is 15.5 Å². The van der Waals surface area contributed by atoms with Gasteiger partial charge in [-0.25, -0.2) is 0 Å². The molecule has 0 atom stereocenters. The van der Waals surface area contributed by atoms with E-state index >= 15 is 0 Å². The Kier molecular flexibility index (Phi) is 2.33. The second kappa shape index (κ2) is 3.99. The van der Waals surface area contributed by atoms with E-state index in [1.54, 1.807) is 4.68 Å². The number of hydrogen-bond acceptors (Lipinski definition) is 4. The number of aromatic nitrogens is 4. The predicted octanol–water partition coefficient (Wildman–Crippen LogP) is -0.279. The average Bonchev–Trinajstić information content (AvgIpc) is 2.73. The number of rotatable bonds is 2. The minimum Gasteiger partial charge on any atom is -0.867 e. The molecular formula is C12H11N5O. The van der Waals surface area contributed by atoms with Gasteiger partial charge in [-0.3, -0.25) is 0 Å². The molecule has 0 saturated carbocycles. The topological polar surface area (TPSA) is 83.1 Å². The molecule has 0 amide bonds. The summed E-state index contributed by atoms with van der Waals surface area (Å²) in [4.78, 5) is 0. The van der Waals surface area contributed by atoms with Crippen LogP contribution in [0, 0.1) is 0 Å². The summed E-state index contributed by atoms with van der Waals surface area (Å²) in [5, 5.41) is 20.0. The van der Waals surface area contributed by atoms with Crippen LogP contribution in [0.5, 0.6) is 5.75 Å². The molecule has 2 aromatic heterocycles. The fraction of sp³-hybridized carbons (Fsp3) is 0.0833. The van der Waals surface area contributed by atoms with Crippen molar-refractivity contribution in [3.63, 3.8) is 0 Å². The summed E-state index contributed by atoms with van der Waals surface area (Å²) in [6.07, 6.45) is 1.48. The minimum atomic E-state index is -0.184. The second-order valence-electron chi connectivity index (χ2n) is 3.98. The van der Waals surface area contributed by atoms with Gasteiger partial charge in [-0.2, -0.15) is 0 Å². The van der Waals surface area contributed by atoms with Crippen LogP contribution in [-0.2, 0) is 6.54 Å². The van der Waals surface area contributed by atoms with E-state index in [1.165, 1.54) is 16.9 Å². The summed E-state index contributed by atoms with van der Waals surface area (Å²) in [6.45, 7) is 0.526. The molecule has 3 rings (SSSR count). The zero-order valence-electron chi connectivity index (χ0n) is 9.52. The van der Waals surface area contributed by atoms with E-state index in [9.17, 15) is 5.11 Å². The summed E-state index contributed by atoms with van der Waals surface area (Å²) < 4.78 is 3.02. The lowest BCUT2D eigenvalue weighted by Crippen LogP contribution is -2.37. The van der Waals surface area contributed by atoms with E-state index in [1.807, 2.05) is 30.3 Å². The third kappa shape index (κ3) is 1.73. The van der Waals surface area contributed by atoms with Gasteiger partial charge >= 0.3 is 5.65 Å². The van der Waals surface area contributed by atoms with Crippen molar-refractivity contribution < 1.29 is 9.79 Å². The zero-order valence-corrected chi connectivity index (χ0v) is 9.52. The Labute approximate surface area is 103 Å². The maximum atomic E-state index is 11.9. The molecule has 1 aromatic carbocycles. The zero-order chi connectivity index (χ0) is 12.5. The maximum Gasteiger partial charge on any atom is 0.321 e. The van der Waals surface area contributed by atoms with Crippen molar-refractivity contribution >= 4 is 11.5 Å². The van der Waals surface area contributed by atoms with Gasteiger partial charge in [0.2, 0.25) is 0 Å². The molecule has 0 aliphatic heterocycles. The number of hydrogen-bond donors (Lipinski definition) is 1. The first-order valence-corrected chi connectivity index (χ1v) is 5.49. The van der Waals surface area contributed by atoms with Crippen molar-refractivity contribution in [3.05, 3.63) is 48.3 Å². The molecule has 0 aliphatic carbocycles. The Hall–Kier alpha value is -2.63. The van der Waals surface area contributed by atoms with Crippen molar-refractivity contribution in [3.8, 4) is 5.75 Å². The van der Waals surface area contributed by atoms with Crippen molar-refractivity contribution in [2.24, 2.45) is 0 Å². The van der Waals surface area contributed by atoms with Crippen molar-refractivity contribution in [1.29, 1.82) is 0 Å². The number of anilines is 1. The monoisotopic (exact) mass is 241 g/mol. The van der Waals surface area contributed by atoms with Crippen molar-refractivity contribution in [2.75, 3.05) is 5.73 Å². The van der Waals surface area contributed by atoms with Gasteiger partial charge < -0.3 is 10.8 Å².